The second kappa shape index (κ2) is 6.04. The first-order chi connectivity index (χ1) is 9.10. The molecule has 5 heteroatoms. The van der Waals surface area contributed by atoms with Gasteiger partial charge in [-0.3, -0.25) is 4.79 Å². The van der Waals surface area contributed by atoms with E-state index in [1.54, 1.807) is 0 Å². The Labute approximate surface area is 134 Å². The van der Waals surface area contributed by atoms with E-state index in [9.17, 15) is 4.79 Å². The molecule has 1 atom stereocenters. The lowest BCUT2D eigenvalue weighted by atomic mass is 9.97. The van der Waals surface area contributed by atoms with Crippen LogP contribution in [0, 0.1) is 0 Å². The largest absolute Gasteiger partial charge is 0.348 e. The molecule has 3 rings (SSSR count). The molecule has 0 aliphatic heterocycles. The molecule has 2 aliphatic carbocycles. The zero-order valence-electron chi connectivity index (χ0n) is 11.3. The van der Waals surface area contributed by atoms with Crippen molar-refractivity contribution in [1.29, 1.82) is 0 Å². The monoisotopic (exact) mass is 358 g/mol. The van der Waals surface area contributed by atoms with E-state index in [2.05, 4.69) is 33.4 Å². The third-order valence-corrected chi connectivity index (χ3v) is 5.21. The van der Waals surface area contributed by atoms with Crippen LogP contribution in [0.2, 0.25) is 0 Å². The molecule has 3 N–H and O–H groups in total. The Hall–Kier alpha value is -0.580. The number of hydrogen-bond donors (Lipinski definition) is 2. The zero-order valence-corrected chi connectivity index (χ0v) is 13.7. The molecule has 0 spiro atoms. The molecule has 0 aromatic heterocycles. The molecule has 1 aromatic carbocycles. The molecule has 1 unspecified atom stereocenters. The Morgan fingerprint density at radius 2 is 2.05 bits per heavy atom. The van der Waals surface area contributed by atoms with Gasteiger partial charge in [-0.25, -0.2) is 0 Å². The maximum absolute atomic E-state index is 12.4. The molecule has 110 valence electrons. The van der Waals surface area contributed by atoms with E-state index in [1.807, 2.05) is 6.07 Å². The molecule has 0 bridgehead atoms. The highest BCUT2D eigenvalue weighted by molar-refractivity contribution is 9.10. The molecular weight excluding hydrogens is 340 g/mol. The minimum absolute atomic E-state index is 0. The Morgan fingerprint density at radius 1 is 1.35 bits per heavy atom. The van der Waals surface area contributed by atoms with E-state index in [0.717, 1.165) is 43.0 Å². The number of amides is 1. The summed E-state index contributed by atoms with van der Waals surface area (Å²) in [6.45, 7) is 0. The fraction of sp³-hybridized carbons (Fsp3) is 0.533. The Morgan fingerprint density at radius 3 is 2.75 bits per heavy atom. The first-order valence-corrected chi connectivity index (χ1v) is 7.77. The van der Waals surface area contributed by atoms with Crippen LogP contribution in [0.5, 0.6) is 0 Å². The number of halogens is 2. The first-order valence-electron chi connectivity index (χ1n) is 6.97. The van der Waals surface area contributed by atoms with Crippen LogP contribution in [0.25, 0.3) is 0 Å². The van der Waals surface area contributed by atoms with Gasteiger partial charge in [0.05, 0.1) is 11.6 Å². The van der Waals surface area contributed by atoms with Crippen LogP contribution in [0.1, 0.15) is 49.3 Å². The van der Waals surface area contributed by atoms with E-state index >= 15 is 0 Å². The smallest absolute Gasteiger partial charge is 0.240 e. The topological polar surface area (TPSA) is 55.1 Å². The van der Waals surface area contributed by atoms with Gasteiger partial charge in [0.2, 0.25) is 5.91 Å². The highest BCUT2D eigenvalue weighted by atomic mass is 79.9. The molecule has 1 fully saturated rings. The molecular formula is C15H20BrClN2O. The van der Waals surface area contributed by atoms with Gasteiger partial charge in [-0.15, -0.1) is 12.4 Å². The van der Waals surface area contributed by atoms with Gasteiger partial charge in [-0.1, -0.05) is 40.9 Å². The lowest BCUT2D eigenvalue weighted by molar-refractivity contribution is -0.126. The van der Waals surface area contributed by atoms with Crippen LogP contribution in [0.3, 0.4) is 0 Å². The van der Waals surface area contributed by atoms with Crippen molar-refractivity contribution < 1.29 is 4.79 Å². The Balaban J connectivity index is 0.00000147. The number of fused-ring (bicyclic) bond motifs is 1. The molecule has 20 heavy (non-hydrogen) atoms. The van der Waals surface area contributed by atoms with Crippen LogP contribution in [-0.2, 0) is 11.2 Å². The molecule has 1 aromatic rings. The van der Waals surface area contributed by atoms with Crippen LogP contribution >= 0.6 is 28.3 Å². The number of nitrogens with one attached hydrogen (secondary N) is 1. The van der Waals surface area contributed by atoms with Gasteiger partial charge in [0, 0.05) is 4.47 Å². The second-order valence-corrected chi connectivity index (χ2v) is 6.59. The SMILES string of the molecule is Cl.NC1(C(=O)NC2CCc3c(Br)cccc32)CCCC1. The average molecular weight is 360 g/mol. The molecule has 0 saturated heterocycles. The van der Waals surface area contributed by atoms with Crippen molar-refractivity contribution in [1.82, 2.24) is 5.32 Å². The predicted molar refractivity (Wildman–Crippen MR) is 86.0 cm³/mol. The molecule has 3 nitrogen and oxygen atoms in total. The van der Waals surface area contributed by atoms with Crippen molar-refractivity contribution in [3.05, 3.63) is 33.8 Å². The van der Waals surface area contributed by atoms with E-state index in [4.69, 9.17) is 5.73 Å². The highest BCUT2D eigenvalue weighted by Gasteiger charge is 2.38. The van der Waals surface area contributed by atoms with Crippen molar-refractivity contribution >= 4 is 34.2 Å². The third kappa shape index (κ3) is 2.74. The van der Waals surface area contributed by atoms with Gasteiger partial charge in [-0.2, -0.15) is 0 Å². The number of nitrogens with two attached hydrogens (primary N) is 1. The summed E-state index contributed by atoms with van der Waals surface area (Å²) in [6.07, 6.45) is 5.75. The molecule has 0 radical (unpaired) electrons. The lowest BCUT2D eigenvalue weighted by Gasteiger charge is -2.25. The number of carbonyl (C=O) groups excluding carboxylic acids is 1. The second-order valence-electron chi connectivity index (χ2n) is 5.74. The van der Waals surface area contributed by atoms with Crippen molar-refractivity contribution in [2.75, 3.05) is 0 Å². The fourth-order valence-electron chi connectivity index (χ4n) is 3.29. The number of rotatable bonds is 2. The van der Waals surface area contributed by atoms with E-state index < -0.39 is 5.54 Å². The summed E-state index contributed by atoms with van der Waals surface area (Å²) in [5, 5.41) is 3.16. The van der Waals surface area contributed by atoms with Gasteiger partial charge in [-0.05, 0) is 42.9 Å². The zero-order chi connectivity index (χ0) is 13.5. The predicted octanol–water partition coefficient (Wildman–Crippen LogP) is 3.25. The van der Waals surface area contributed by atoms with Gasteiger partial charge in [0.1, 0.15) is 0 Å². The van der Waals surface area contributed by atoms with E-state index in [1.165, 1.54) is 11.1 Å². The summed E-state index contributed by atoms with van der Waals surface area (Å²) in [5.74, 6) is 0.0304. The van der Waals surface area contributed by atoms with Gasteiger partial charge >= 0.3 is 0 Å². The van der Waals surface area contributed by atoms with Gasteiger partial charge < -0.3 is 11.1 Å². The summed E-state index contributed by atoms with van der Waals surface area (Å²) >= 11 is 3.58. The lowest BCUT2D eigenvalue weighted by Crippen LogP contribution is -2.52. The Bertz CT molecular complexity index is 515. The number of hydrogen-bond acceptors (Lipinski definition) is 2. The van der Waals surface area contributed by atoms with Crippen LogP contribution in [0.15, 0.2) is 22.7 Å². The molecule has 1 saturated carbocycles. The highest BCUT2D eigenvalue weighted by Crippen LogP contribution is 2.36. The van der Waals surface area contributed by atoms with Gasteiger partial charge in [0.15, 0.2) is 0 Å². The quantitative estimate of drug-likeness (QED) is 0.851. The summed E-state index contributed by atoms with van der Waals surface area (Å²) in [5.41, 5.74) is 8.14. The van der Waals surface area contributed by atoms with Crippen molar-refractivity contribution in [3.8, 4) is 0 Å². The van der Waals surface area contributed by atoms with Crippen molar-refractivity contribution in [3.63, 3.8) is 0 Å². The van der Waals surface area contributed by atoms with Crippen molar-refractivity contribution in [2.45, 2.75) is 50.1 Å². The van der Waals surface area contributed by atoms with Crippen LogP contribution in [-0.4, -0.2) is 11.4 Å². The maximum Gasteiger partial charge on any atom is 0.240 e. The molecule has 2 aliphatic rings. The standard InChI is InChI=1S/C15H19BrN2O.ClH/c16-12-5-3-4-11-10(12)6-7-13(11)18-14(19)15(17)8-1-2-9-15;/h3-5,13H,1-2,6-9,17H2,(H,18,19);1H. The maximum atomic E-state index is 12.4. The normalized spacial score (nSPS) is 23.0. The van der Waals surface area contributed by atoms with Crippen LogP contribution in [0.4, 0.5) is 0 Å². The summed E-state index contributed by atoms with van der Waals surface area (Å²) in [4.78, 5) is 12.4. The molecule has 0 heterocycles. The van der Waals surface area contributed by atoms with E-state index in [0.29, 0.717) is 0 Å². The minimum atomic E-state index is -0.630. The van der Waals surface area contributed by atoms with E-state index in [-0.39, 0.29) is 24.4 Å². The number of benzene rings is 1. The minimum Gasteiger partial charge on any atom is -0.348 e. The summed E-state index contributed by atoms with van der Waals surface area (Å²) in [6, 6.07) is 6.32. The molecule has 1 amide bonds. The number of carbonyl (C=O) groups is 1. The average Bonchev–Trinajstić information content (AvgIpc) is 2.99. The Kier molecular flexibility index (Phi) is 4.77. The summed E-state index contributed by atoms with van der Waals surface area (Å²) in [7, 11) is 0. The fourth-order valence-corrected chi connectivity index (χ4v) is 3.87. The summed E-state index contributed by atoms with van der Waals surface area (Å²) < 4.78 is 1.14. The first kappa shape index (κ1) is 15.8. The van der Waals surface area contributed by atoms with Gasteiger partial charge in [0.25, 0.3) is 0 Å². The van der Waals surface area contributed by atoms with Crippen LogP contribution < -0.4 is 11.1 Å². The van der Waals surface area contributed by atoms with Crippen molar-refractivity contribution in [2.24, 2.45) is 5.73 Å². The third-order valence-electron chi connectivity index (χ3n) is 4.47.